The molecule has 0 aliphatic rings. The first kappa shape index (κ1) is 14.0. The van der Waals surface area contributed by atoms with Crippen molar-refractivity contribution >= 4 is 17.5 Å². The van der Waals surface area contributed by atoms with Crippen molar-refractivity contribution in [2.45, 2.75) is 6.61 Å². The number of halogens is 1. The van der Waals surface area contributed by atoms with E-state index in [2.05, 4.69) is 10.5 Å². The van der Waals surface area contributed by atoms with Gasteiger partial charge in [0.05, 0.1) is 13.2 Å². The Morgan fingerprint density at radius 1 is 1.59 bits per heavy atom. The van der Waals surface area contributed by atoms with Crippen LogP contribution < -0.4 is 5.32 Å². The highest BCUT2D eigenvalue weighted by molar-refractivity contribution is 6.17. The standard InChI is InChI=1S/C10H15ClN2O4/c1-15-7-8-6-9(13-17-8)10(14)12-3-5-16-4-2-11/h6H,2-5,7H2,1H3,(H,12,14). The van der Waals surface area contributed by atoms with Gasteiger partial charge in [0.2, 0.25) is 0 Å². The monoisotopic (exact) mass is 262 g/mol. The quantitative estimate of drug-likeness (QED) is 0.554. The molecule has 1 amide bonds. The summed E-state index contributed by atoms with van der Waals surface area (Å²) in [6.45, 7) is 1.59. The van der Waals surface area contributed by atoms with Crippen LogP contribution in [0.15, 0.2) is 10.6 Å². The minimum atomic E-state index is -0.300. The fourth-order valence-corrected chi connectivity index (χ4v) is 1.22. The number of alkyl halides is 1. The molecule has 1 aromatic heterocycles. The van der Waals surface area contributed by atoms with Crippen molar-refractivity contribution in [2.24, 2.45) is 0 Å². The average molecular weight is 263 g/mol. The lowest BCUT2D eigenvalue weighted by atomic mass is 10.3. The number of rotatable bonds is 8. The Labute approximate surface area is 104 Å². The number of aromatic nitrogens is 1. The van der Waals surface area contributed by atoms with Gasteiger partial charge < -0.3 is 19.3 Å². The summed E-state index contributed by atoms with van der Waals surface area (Å²) in [5.74, 6) is 0.652. The molecule has 96 valence electrons. The van der Waals surface area contributed by atoms with E-state index in [1.54, 1.807) is 6.07 Å². The third-order valence-electron chi connectivity index (χ3n) is 1.83. The number of hydrogen-bond donors (Lipinski definition) is 1. The van der Waals surface area contributed by atoms with Crippen LogP contribution in [0, 0.1) is 0 Å². The van der Waals surface area contributed by atoms with Gasteiger partial charge in [-0.25, -0.2) is 0 Å². The molecule has 0 aliphatic heterocycles. The Bertz CT molecular complexity index is 343. The molecule has 0 unspecified atom stereocenters. The lowest BCUT2D eigenvalue weighted by Gasteiger charge is -2.02. The molecule has 0 saturated heterocycles. The van der Waals surface area contributed by atoms with Crippen LogP contribution in [0.2, 0.25) is 0 Å². The highest BCUT2D eigenvalue weighted by atomic mass is 35.5. The second-order valence-electron chi connectivity index (χ2n) is 3.17. The maximum absolute atomic E-state index is 11.5. The van der Waals surface area contributed by atoms with Crippen molar-refractivity contribution in [2.75, 3.05) is 32.7 Å². The zero-order valence-electron chi connectivity index (χ0n) is 9.57. The van der Waals surface area contributed by atoms with Crippen molar-refractivity contribution in [3.63, 3.8) is 0 Å². The van der Waals surface area contributed by atoms with Gasteiger partial charge >= 0.3 is 0 Å². The molecule has 0 radical (unpaired) electrons. The molecule has 0 saturated carbocycles. The molecule has 0 bridgehead atoms. The molecule has 0 aromatic carbocycles. The first-order valence-corrected chi connectivity index (χ1v) is 5.67. The van der Waals surface area contributed by atoms with Crippen LogP contribution in [0.25, 0.3) is 0 Å². The normalized spacial score (nSPS) is 10.5. The van der Waals surface area contributed by atoms with E-state index in [0.29, 0.717) is 38.0 Å². The number of nitrogens with one attached hydrogen (secondary N) is 1. The third-order valence-corrected chi connectivity index (χ3v) is 1.99. The maximum atomic E-state index is 11.5. The molecule has 1 aromatic rings. The average Bonchev–Trinajstić information content (AvgIpc) is 2.78. The summed E-state index contributed by atoms with van der Waals surface area (Å²) in [5, 5.41) is 6.26. The third kappa shape index (κ3) is 5.16. The molecule has 0 atom stereocenters. The van der Waals surface area contributed by atoms with Crippen molar-refractivity contribution in [1.82, 2.24) is 10.5 Å². The van der Waals surface area contributed by atoms with E-state index in [4.69, 9.17) is 25.6 Å². The van der Waals surface area contributed by atoms with Crippen LogP contribution >= 0.6 is 11.6 Å². The van der Waals surface area contributed by atoms with E-state index in [1.165, 1.54) is 7.11 Å². The topological polar surface area (TPSA) is 73.6 Å². The Hall–Kier alpha value is -1.11. The van der Waals surface area contributed by atoms with Gasteiger partial charge in [0, 0.05) is 25.6 Å². The highest BCUT2D eigenvalue weighted by Crippen LogP contribution is 2.04. The predicted octanol–water partition coefficient (Wildman–Crippen LogP) is 0.806. The molecule has 1 rings (SSSR count). The largest absolute Gasteiger partial charge is 0.378 e. The molecular formula is C10H15ClN2O4. The van der Waals surface area contributed by atoms with Gasteiger partial charge in [0.1, 0.15) is 6.61 Å². The number of carbonyl (C=O) groups is 1. The second kappa shape index (κ2) is 8.05. The SMILES string of the molecule is COCc1cc(C(=O)NCCOCCCl)no1. The molecule has 1 N–H and O–H groups in total. The van der Waals surface area contributed by atoms with E-state index < -0.39 is 0 Å². The van der Waals surface area contributed by atoms with Crippen LogP contribution in [0.1, 0.15) is 16.2 Å². The number of amides is 1. The summed E-state index contributed by atoms with van der Waals surface area (Å²) < 4.78 is 14.8. The lowest BCUT2D eigenvalue weighted by molar-refractivity contribution is 0.0914. The van der Waals surface area contributed by atoms with E-state index in [0.717, 1.165) is 0 Å². The first-order valence-electron chi connectivity index (χ1n) is 5.14. The van der Waals surface area contributed by atoms with Crippen LogP contribution in [0.4, 0.5) is 0 Å². The number of methoxy groups -OCH3 is 1. The molecule has 7 heteroatoms. The van der Waals surface area contributed by atoms with Crippen molar-refractivity contribution < 1.29 is 18.8 Å². The lowest BCUT2D eigenvalue weighted by Crippen LogP contribution is -2.27. The summed E-state index contributed by atoms with van der Waals surface area (Å²) >= 11 is 5.42. The number of carbonyl (C=O) groups excluding carboxylic acids is 1. The first-order chi connectivity index (χ1) is 8.27. The minimum Gasteiger partial charge on any atom is -0.378 e. The van der Waals surface area contributed by atoms with Gasteiger partial charge in [-0.05, 0) is 0 Å². The summed E-state index contributed by atoms with van der Waals surface area (Å²) in [7, 11) is 1.54. The molecular weight excluding hydrogens is 248 g/mol. The number of ether oxygens (including phenoxy) is 2. The smallest absolute Gasteiger partial charge is 0.273 e. The van der Waals surface area contributed by atoms with E-state index in [1.807, 2.05) is 0 Å². The number of hydrogen-bond acceptors (Lipinski definition) is 5. The number of nitrogens with zero attached hydrogens (tertiary/aromatic N) is 1. The van der Waals surface area contributed by atoms with E-state index >= 15 is 0 Å². The molecule has 1 heterocycles. The van der Waals surface area contributed by atoms with Crippen LogP contribution in [-0.4, -0.2) is 43.8 Å². The fourth-order valence-electron chi connectivity index (χ4n) is 1.11. The zero-order chi connectivity index (χ0) is 12.5. The van der Waals surface area contributed by atoms with Gasteiger partial charge in [-0.2, -0.15) is 0 Å². The second-order valence-corrected chi connectivity index (χ2v) is 3.55. The van der Waals surface area contributed by atoms with Crippen molar-refractivity contribution in [3.05, 3.63) is 17.5 Å². The minimum absolute atomic E-state index is 0.231. The fraction of sp³-hybridized carbons (Fsp3) is 0.600. The van der Waals surface area contributed by atoms with Crippen LogP contribution in [0.5, 0.6) is 0 Å². The molecule has 0 aliphatic carbocycles. The summed E-state index contributed by atoms with van der Waals surface area (Å²) in [6.07, 6.45) is 0. The highest BCUT2D eigenvalue weighted by Gasteiger charge is 2.11. The van der Waals surface area contributed by atoms with E-state index in [-0.39, 0.29) is 11.6 Å². The molecule has 0 fully saturated rings. The van der Waals surface area contributed by atoms with Crippen molar-refractivity contribution in [3.8, 4) is 0 Å². The Balaban J connectivity index is 2.26. The Kier molecular flexibility index (Phi) is 6.61. The van der Waals surface area contributed by atoms with Crippen LogP contribution in [-0.2, 0) is 16.1 Å². The predicted molar refractivity (Wildman–Crippen MR) is 61.1 cm³/mol. The van der Waals surface area contributed by atoms with Gasteiger partial charge in [0.15, 0.2) is 11.5 Å². The molecule has 17 heavy (non-hydrogen) atoms. The summed E-state index contributed by atoms with van der Waals surface area (Å²) in [4.78, 5) is 11.5. The van der Waals surface area contributed by atoms with Crippen LogP contribution in [0.3, 0.4) is 0 Å². The Morgan fingerprint density at radius 2 is 2.41 bits per heavy atom. The van der Waals surface area contributed by atoms with Crippen molar-refractivity contribution in [1.29, 1.82) is 0 Å². The van der Waals surface area contributed by atoms with Gasteiger partial charge in [-0.1, -0.05) is 5.16 Å². The molecule has 0 spiro atoms. The molecule has 6 nitrogen and oxygen atoms in total. The summed E-state index contributed by atoms with van der Waals surface area (Å²) in [6, 6.07) is 1.54. The summed E-state index contributed by atoms with van der Waals surface area (Å²) in [5.41, 5.74) is 0.231. The zero-order valence-corrected chi connectivity index (χ0v) is 10.3. The van der Waals surface area contributed by atoms with Gasteiger partial charge in [-0.3, -0.25) is 4.79 Å². The van der Waals surface area contributed by atoms with Gasteiger partial charge in [0.25, 0.3) is 5.91 Å². The van der Waals surface area contributed by atoms with Gasteiger partial charge in [-0.15, -0.1) is 11.6 Å². The Morgan fingerprint density at radius 3 is 3.12 bits per heavy atom. The maximum Gasteiger partial charge on any atom is 0.273 e. The van der Waals surface area contributed by atoms with E-state index in [9.17, 15) is 4.79 Å².